The van der Waals surface area contributed by atoms with Gasteiger partial charge in [0.1, 0.15) is 0 Å². The van der Waals surface area contributed by atoms with Crippen LogP contribution in [-0.2, 0) is 16.0 Å². The summed E-state index contributed by atoms with van der Waals surface area (Å²) in [6, 6.07) is 0. The average molecular weight is 310 g/mol. The number of hydrogen-bond donors (Lipinski definition) is 1. The van der Waals surface area contributed by atoms with E-state index in [4.69, 9.17) is 4.74 Å². The second kappa shape index (κ2) is 8.37. The SMILES string of the molecule is CCOC(=O)CCc1csc(NCC2CCCC(C)C2)n1. The first-order valence-electron chi connectivity index (χ1n) is 8.01. The van der Waals surface area contributed by atoms with Crippen molar-refractivity contribution < 1.29 is 9.53 Å². The molecule has 2 atom stereocenters. The molecule has 1 saturated carbocycles. The summed E-state index contributed by atoms with van der Waals surface area (Å²) in [5, 5.41) is 6.47. The Morgan fingerprint density at radius 1 is 1.52 bits per heavy atom. The Kier molecular flexibility index (Phi) is 6.49. The first kappa shape index (κ1) is 16.3. The maximum Gasteiger partial charge on any atom is 0.306 e. The van der Waals surface area contributed by atoms with Crippen LogP contribution in [0.4, 0.5) is 5.13 Å². The molecule has 1 heterocycles. The zero-order valence-electron chi connectivity index (χ0n) is 13.1. The summed E-state index contributed by atoms with van der Waals surface area (Å²) < 4.78 is 4.93. The van der Waals surface area contributed by atoms with Crippen LogP contribution in [0.5, 0.6) is 0 Å². The number of carbonyl (C=O) groups is 1. The minimum atomic E-state index is -0.142. The lowest BCUT2D eigenvalue weighted by atomic mass is 9.82. The minimum Gasteiger partial charge on any atom is -0.466 e. The molecule has 21 heavy (non-hydrogen) atoms. The van der Waals surface area contributed by atoms with E-state index >= 15 is 0 Å². The number of aromatic nitrogens is 1. The van der Waals surface area contributed by atoms with Crippen LogP contribution in [-0.4, -0.2) is 24.1 Å². The summed E-state index contributed by atoms with van der Waals surface area (Å²) in [5.74, 6) is 1.50. The average Bonchev–Trinajstić information content (AvgIpc) is 2.91. The smallest absolute Gasteiger partial charge is 0.306 e. The van der Waals surface area contributed by atoms with E-state index in [1.165, 1.54) is 25.7 Å². The van der Waals surface area contributed by atoms with Crippen LogP contribution in [0.1, 0.15) is 51.6 Å². The van der Waals surface area contributed by atoms with Crippen LogP contribution in [0.25, 0.3) is 0 Å². The molecule has 5 heteroatoms. The van der Waals surface area contributed by atoms with Crippen molar-refractivity contribution in [1.29, 1.82) is 0 Å². The quantitative estimate of drug-likeness (QED) is 0.777. The molecule has 1 aliphatic rings. The van der Waals surface area contributed by atoms with Gasteiger partial charge in [0.05, 0.1) is 18.7 Å². The summed E-state index contributed by atoms with van der Waals surface area (Å²) in [7, 11) is 0. The van der Waals surface area contributed by atoms with Crippen molar-refractivity contribution in [1.82, 2.24) is 4.98 Å². The Bertz CT molecular complexity index is 447. The maximum atomic E-state index is 11.3. The highest BCUT2D eigenvalue weighted by Gasteiger charge is 2.18. The summed E-state index contributed by atoms with van der Waals surface area (Å²) in [5.41, 5.74) is 0.979. The van der Waals surface area contributed by atoms with Crippen LogP contribution in [0.2, 0.25) is 0 Å². The normalized spacial score (nSPS) is 22.0. The van der Waals surface area contributed by atoms with Gasteiger partial charge in [-0.05, 0) is 31.6 Å². The number of esters is 1. The Morgan fingerprint density at radius 2 is 2.38 bits per heavy atom. The van der Waals surface area contributed by atoms with Gasteiger partial charge in [-0.25, -0.2) is 4.98 Å². The molecular weight excluding hydrogens is 284 g/mol. The zero-order chi connectivity index (χ0) is 15.1. The number of aryl methyl sites for hydroxylation is 1. The summed E-state index contributed by atoms with van der Waals surface area (Å²) >= 11 is 1.63. The van der Waals surface area contributed by atoms with E-state index in [0.29, 0.717) is 19.4 Å². The van der Waals surface area contributed by atoms with E-state index in [9.17, 15) is 4.79 Å². The number of nitrogens with one attached hydrogen (secondary N) is 1. The fourth-order valence-electron chi connectivity index (χ4n) is 2.94. The Hall–Kier alpha value is -1.10. The van der Waals surface area contributed by atoms with Gasteiger partial charge >= 0.3 is 5.97 Å². The highest BCUT2D eigenvalue weighted by molar-refractivity contribution is 7.13. The number of ether oxygens (including phenoxy) is 1. The van der Waals surface area contributed by atoms with E-state index in [2.05, 4.69) is 17.2 Å². The largest absolute Gasteiger partial charge is 0.466 e. The van der Waals surface area contributed by atoms with Crippen molar-refractivity contribution in [2.24, 2.45) is 11.8 Å². The molecule has 2 rings (SSSR count). The Balaban J connectivity index is 1.71. The molecule has 0 radical (unpaired) electrons. The third-order valence-electron chi connectivity index (χ3n) is 4.03. The molecule has 1 N–H and O–H groups in total. The number of carbonyl (C=O) groups excluding carboxylic acids is 1. The third-order valence-corrected chi connectivity index (χ3v) is 4.88. The lowest BCUT2D eigenvalue weighted by Gasteiger charge is -2.26. The van der Waals surface area contributed by atoms with Crippen molar-refractivity contribution in [2.45, 2.75) is 52.4 Å². The van der Waals surface area contributed by atoms with Gasteiger partial charge in [0.25, 0.3) is 0 Å². The van der Waals surface area contributed by atoms with E-state index in [0.717, 1.165) is 29.2 Å². The molecule has 1 aliphatic carbocycles. The van der Waals surface area contributed by atoms with Crippen LogP contribution in [0.3, 0.4) is 0 Å². The topological polar surface area (TPSA) is 51.2 Å². The van der Waals surface area contributed by atoms with E-state index in [-0.39, 0.29) is 5.97 Å². The maximum absolute atomic E-state index is 11.3. The van der Waals surface area contributed by atoms with Crippen molar-refractivity contribution in [3.05, 3.63) is 11.1 Å². The second-order valence-corrected chi connectivity index (χ2v) is 6.83. The predicted molar refractivity (Wildman–Crippen MR) is 86.7 cm³/mol. The fourth-order valence-corrected chi connectivity index (χ4v) is 3.70. The van der Waals surface area contributed by atoms with E-state index in [1.54, 1.807) is 11.3 Å². The molecule has 0 spiro atoms. The van der Waals surface area contributed by atoms with E-state index in [1.807, 2.05) is 12.3 Å². The molecule has 0 aromatic carbocycles. The molecule has 1 aromatic heterocycles. The highest BCUT2D eigenvalue weighted by atomic mass is 32.1. The third kappa shape index (κ3) is 5.65. The Labute approximate surface area is 131 Å². The second-order valence-electron chi connectivity index (χ2n) is 5.97. The molecule has 1 aromatic rings. The standard InChI is InChI=1S/C16H26N2O2S/c1-3-20-15(19)8-7-14-11-21-16(18-14)17-10-13-6-4-5-12(2)9-13/h11-13H,3-10H2,1-2H3,(H,17,18). The van der Waals surface area contributed by atoms with Gasteiger partial charge in [0.15, 0.2) is 5.13 Å². The molecule has 4 nitrogen and oxygen atoms in total. The van der Waals surface area contributed by atoms with Crippen LogP contribution < -0.4 is 5.32 Å². The van der Waals surface area contributed by atoms with Gasteiger partial charge in [0.2, 0.25) is 0 Å². The summed E-state index contributed by atoms with van der Waals surface area (Å²) in [6.07, 6.45) is 6.48. The van der Waals surface area contributed by atoms with E-state index < -0.39 is 0 Å². The highest BCUT2D eigenvalue weighted by Crippen LogP contribution is 2.29. The fraction of sp³-hybridized carbons (Fsp3) is 0.750. The molecule has 0 bridgehead atoms. The number of nitrogens with zero attached hydrogens (tertiary/aromatic N) is 1. The number of thiazole rings is 1. The lowest BCUT2D eigenvalue weighted by molar-refractivity contribution is -0.143. The van der Waals surface area contributed by atoms with Gasteiger partial charge in [-0.3, -0.25) is 4.79 Å². The summed E-state index contributed by atoms with van der Waals surface area (Å²) in [6.45, 7) is 5.65. The minimum absolute atomic E-state index is 0.142. The molecule has 0 saturated heterocycles. The van der Waals surface area contributed by atoms with Crippen molar-refractivity contribution in [3.63, 3.8) is 0 Å². The number of rotatable bonds is 7. The monoisotopic (exact) mass is 310 g/mol. The zero-order valence-corrected chi connectivity index (χ0v) is 13.9. The lowest BCUT2D eigenvalue weighted by Crippen LogP contribution is -2.20. The van der Waals surface area contributed by atoms with Gasteiger partial charge in [-0.2, -0.15) is 0 Å². The molecule has 0 aliphatic heterocycles. The van der Waals surface area contributed by atoms with Gasteiger partial charge < -0.3 is 10.1 Å². The molecule has 2 unspecified atom stereocenters. The molecule has 0 amide bonds. The van der Waals surface area contributed by atoms with Gasteiger partial charge in [-0.1, -0.05) is 19.8 Å². The number of hydrogen-bond acceptors (Lipinski definition) is 5. The van der Waals surface area contributed by atoms with Gasteiger partial charge in [-0.15, -0.1) is 11.3 Å². The molecular formula is C16H26N2O2S. The first-order valence-corrected chi connectivity index (χ1v) is 8.89. The Morgan fingerprint density at radius 3 is 3.14 bits per heavy atom. The van der Waals surface area contributed by atoms with Crippen LogP contribution >= 0.6 is 11.3 Å². The van der Waals surface area contributed by atoms with Crippen molar-refractivity contribution in [2.75, 3.05) is 18.5 Å². The molecule has 1 fully saturated rings. The number of anilines is 1. The molecule has 118 valence electrons. The summed E-state index contributed by atoms with van der Waals surface area (Å²) in [4.78, 5) is 15.9. The van der Waals surface area contributed by atoms with Crippen molar-refractivity contribution in [3.8, 4) is 0 Å². The first-order chi connectivity index (χ1) is 10.2. The van der Waals surface area contributed by atoms with Crippen LogP contribution in [0.15, 0.2) is 5.38 Å². The predicted octanol–water partition coefficient (Wildman–Crippen LogP) is 3.88. The van der Waals surface area contributed by atoms with Crippen molar-refractivity contribution >= 4 is 22.4 Å². The van der Waals surface area contributed by atoms with Crippen LogP contribution in [0, 0.1) is 11.8 Å². The van der Waals surface area contributed by atoms with Gasteiger partial charge in [0, 0.05) is 18.3 Å².